The first-order valence-electron chi connectivity index (χ1n) is 11.6. The molecule has 0 spiro atoms. The number of halogens is 5. The molecule has 0 radical (unpaired) electrons. The van der Waals surface area contributed by atoms with Gasteiger partial charge in [-0.05, 0) is 42.0 Å². The second-order valence-electron chi connectivity index (χ2n) is 9.14. The largest absolute Gasteiger partial charge is 0.486 e. The van der Waals surface area contributed by atoms with Crippen molar-refractivity contribution in [2.75, 3.05) is 32.8 Å². The predicted octanol–water partition coefficient (Wildman–Crippen LogP) is 4.51. The van der Waals surface area contributed by atoms with Crippen molar-refractivity contribution in [3.63, 3.8) is 0 Å². The number of benzene rings is 2. The van der Waals surface area contributed by atoms with Crippen molar-refractivity contribution in [1.29, 1.82) is 0 Å². The Morgan fingerprint density at radius 2 is 1.89 bits per heavy atom. The second-order valence-corrected chi connectivity index (χ2v) is 9.57. The van der Waals surface area contributed by atoms with Crippen molar-refractivity contribution in [2.45, 2.75) is 30.4 Å². The number of furan rings is 1. The van der Waals surface area contributed by atoms with Gasteiger partial charge in [0.05, 0.1) is 12.6 Å². The molecule has 1 amide bonds. The molecule has 2 N–H and O–H groups in total. The van der Waals surface area contributed by atoms with E-state index < -0.39 is 48.6 Å². The van der Waals surface area contributed by atoms with Crippen LogP contribution in [-0.4, -0.2) is 60.7 Å². The summed E-state index contributed by atoms with van der Waals surface area (Å²) in [5.41, 5.74) is 0.348. The van der Waals surface area contributed by atoms with Crippen LogP contribution < -0.4 is 14.8 Å². The summed E-state index contributed by atoms with van der Waals surface area (Å²) in [5, 5.41) is 13.8. The number of hydrogen-bond donors (Lipinski definition) is 2. The fraction of sp³-hybridized carbons (Fsp3) is 0.400. The highest BCUT2D eigenvalue weighted by Crippen LogP contribution is 2.36. The Balaban J connectivity index is 1.40. The van der Waals surface area contributed by atoms with Crippen LogP contribution in [0.15, 0.2) is 46.9 Å². The minimum absolute atomic E-state index is 0.0199. The van der Waals surface area contributed by atoms with E-state index in [1.807, 2.05) is 0 Å². The van der Waals surface area contributed by atoms with Crippen molar-refractivity contribution in [2.24, 2.45) is 0 Å². The van der Waals surface area contributed by atoms with E-state index in [4.69, 9.17) is 25.5 Å². The number of aliphatic hydroxyl groups is 1. The normalized spacial score (nSPS) is 19.1. The summed E-state index contributed by atoms with van der Waals surface area (Å²) >= 11 is 5.90. The molecule has 0 bridgehead atoms. The van der Waals surface area contributed by atoms with Crippen LogP contribution in [-0.2, 0) is 10.7 Å². The van der Waals surface area contributed by atoms with Crippen LogP contribution in [0.25, 0.3) is 11.0 Å². The third kappa shape index (κ3) is 5.34. The lowest BCUT2D eigenvalue weighted by Crippen LogP contribution is -2.51. The van der Waals surface area contributed by atoms with E-state index in [0.29, 0.717) is 23.1 Å². The molecule has 3 heterocycles. The van der Waals surface area contributed by atoms with Crippen LogP contribution in [0.3, 0.4) is 0 Å². The predicted molar refractivity (Wildman–Crippen MR) is 125 cm³/mol. The van der Waals surface area contributed by atoms with Gasteiger partial charge in [0.1, 0.15) is 24.9 Å². The van der Waals surface area contributed by atoms with Crippen LogP contribution >= 0.6 is 11.6 Å². The molecule has 0 saturated carbocycles. The molecule has 0 aliphatic carbocycles. The van der Waals surface area contributed by atoms with Gasteiger partial charge in [-0.25, -0.2) is 8.78 Å². The van der Waals surface area contributed by atoms with Gasteiger partial charge in [-0.2, -0.15) is 8.78 Å². The van der Waals surface area contributed by atoms with Gasteiger partial charge in [0, 0.05) is 29.9 Å². The van der Waals surface area contributed by atoms with Gasteiger partial charge in [0.15, 0.2) is 17.3 Å². The van der Waals surface area contributed by atoms with Crippen molar-refractivity contribution in [3.05, 3.63) is 58.8 Å². The lowest BCUT2D eigenvalue weighted by molar-refractivity contribution is -0.151. The maximum Gasteiger partial charge on any atom is 0.380 e. The minimum Gasteiger partial charge on any atom is -0.486 e. The molecule has 2 aliphatic heterocycles. The van der Waals surface area contributed by atoms with E-state index in [-0.39, 0.29) is 36.2 Å². The number of ether oxygens (including phenoxy) is 2. The van der Waals surface area contributed by atoms with E-state index in [0.717, 1.165) is 6.07 Å². The summed E-state index contributed by atoms with van der Waals surface area (Å²) in [6, 6.07) is 8.44. The van der Waals surface area contributed by atoms with Gasteiger partial charge in [-0.15, -0.1) is 0 Å². The zero-order valence-electron chi connectivity index (χ0n) is 19.4. The molecule has 7 nitrogen and oxygen atoms in total. The van der Waals surface area contributed by atoms with Crippen molar-refractivity contribution < 1.29 is 41.4 Å². The summed E-state index contributed by atoms with van der Waals surface area (Å²) in [4.78, 5) is 14.1. The van der Waals surface area contributed by atoms with Crippen LogP contribution in [0.2, 0.25) is 5.02 Å². The van der Waals surface area contributed by atoms with Crippen LogP contribution in [0.1, 0.15) is 23.8 Å². The number of rotatable bonds is 7. The number of carbonyl (C=O) groups is 1. The standard InChI is InChI=1S/C25H23ClF4N2O5/c26-16-2-4-18-15(9-16)11-21(37-18)25(29,30)23(34)31-17(12-32-6-5-24(27,28)13-32)22(33)14-1-3-19-20(10-14)36-8-7-35-19/h1-4,9-11,17,22,33H,5-8,12-13H2,(H,31,34). The number of carbonyl (C=O) groups excluding carboxylic acids is 1. The number of alkyl halides is 4. The summed E-state index contributed by atoms with van der Waals surface area (Å²) < 4.78 is 74.1. The van der Waals surface area contributed by atoms with Gasteiger partial charge in [-0.3, -0.25) is 9.69 Å². The summed E-state index contributed by atoms with van der Waals surface area (Å²) in [5.74, 6) is -8.95. The molecule has 2 unspecified atom stereocenters. The van der Waals surface area contributed by atoms with Gasteiger partial charge < -0.3 is 24.3 Å². The molecule has 5 rings (SSSR count). The SMILES string of the molecule is O=C(NC(CN1CCC(F)(F)C1)C(O)c1ccc2c(c1)OCCO2)C(F)(F)c1cc2cc(Cl)ccc2o1. The first kappa shape index (κ1) is 25.6. The highest BCUT2D eigenvalue weighted by molar-refractivity contribution is 6.31. The third-order valence-corrected chi connectivity index (χ3v) is 6.62. The molecule has 1 saturated heterocycles. The number of nitrogens with zero attached hydrogens (tertiary/aromatic N) is 1. The zero-order chi connectivity index (χ0) is 26.4. The quantitative estimate of drug-likeness (QED) is 0.428. The van der Waals surface area contributed by atoms with Gasteiger partial charge >= 0.3 is 5.92 Å². The molecular weight excluding hydrogens is 520 g/mol. The Labute approximate surface area is 213 Å². The molecule has 37 heavy (non-hydrogen) atoms. The number of nitrogens with one attached hydrogen (secondary N) is 1. The number of likely N-dealkylation sites (tertiary alicyclic amines) is 1. The van der Waals surface area contributed by atoms with Gasteiger partial charge in [0.25, 0.3) is 11.8 Å². The van der Waals surface area contributed by atoms with E-state index >= 15 is 8.78 Å². The fourth-order valence-electron chi connectivity index (χ4n) is 4.48. The van der Waals surface area contributed by atoms with Crippen molar-refractivity contribution >= 4 is 28.5 Å². The highest BCUT2D eigenvalue weighted by atomic mass is 35.5. The molecule has 2 aromatic carbocycles. The van der Waals surface area contributed by atoms with Crippen LogP contribution in [0.4, 0.5) is 17.6 Å². The smallest absolute Gasteiger partial charge is 0.380 e. The maximum absolute atomic E-state index is 15.2. The number of hydrogen-bond acceptors (Lipinski definition) is 6. The summed E-state index contributed by atoms with van der Waals surface area (Å²) in [7, 11) is 0. The molecule has 12 heteroatoms. The maximum atomic E-state index is 15.2. The first-order valence-corrected chi connectivity index (χ1v) is 12.0. The Morgan fingerprint density at radius 3 is 2.62 bits per heavy atom. The number of amides is 1. The Hall–Kier alpha value is -3.02. The Bertz CT molecular complexity index is 1320. The average Bonchev–Trinajstić information content (AvgIpc) is 3.45. The van der Waals surface area contributed by atoms with Crippen LogP contribution in [0, 0.1) is 0 Å². The fourth-order valence-corrected chi connectivity index (χ4v) is 4.66. The van der Waals surface area contributed by atoms with Crippen molar-refractivity contribution in [1.82, 2.24) is 10.2 Å². The van der Waals surface area contributed by atoms with E-state index in [1.165, 1.54) is 35.2 Å². The van der Waals surface area contributed by atoms with E-state index in [1.54, 1.807) is 6.07 Å². The minimum atomic E-state index is -4.12. The molecule has 3 aromatic rings. The third-order valence-electron chi connectivity index (χ3n) is 6.38. The number of aliphatic hydroxyl groups excluding tert-OH is 1. The van der Waals surface area contributed by atoms with Gasteiger partial charge in [-0.1, -0.05) is 17.7 Å². The highest BCUT2D eigenvalue weighted by Gasteiger charge is 2.47. The van der Waals surface area contributed by atoms with Crippen LogP contribution in [0.5, 0.6) is 11.5 Å². The average molecular weight is 543 g/mol. The molecule has 1 aromatic heterocycles. The molecular formula is C25H23ClF4N2O5. The van der Waals surface area contributed by atoms with Crippen molar-refractivity contribution in [3.8, 4) is 11.5 Å². The summed E-state index contributed by atoms with van der Waals surface area (Å²) in [6.45, 7) is -0.297. The molecule has 2 aliphatic rings. The lowest BCUT2D eigenvalue weighted by Gasteiger charge is -2.30. The van der Waals surface area contributed by atoms with E-state index in [9.17, 15) is 18.7 Å². The van der Waals surface area contributed by atoms with Gasteiger partial charge in [0.2, 0.25) is 0 Å². The monoisotopic (exact) mass is 542 g/mol. The Kier molecular flexibility index (Phi) is 6.71. The summed E-state index contributed by atoms with van der Waals surface area (Å²) in [6.07, 6.45) is -1.93. The number of fused-ring (bicyclic) bond motifs is 2. The van der Waals surface area contributed by atoms with E-state index in [2.05, 4.69) is 5.32 Å². The zero-order valence-corrected chi connectivity index (χ0v) is 20.1. The first-order chi connectivity index (χ1) is 17.5. The molecule has 1 fully saturated rings. The molecule has 198 valence electrons. The topological polar surface area (TPSA) is 84.2 Å². The Morgan fingerprint density at radius 1 is 1.14 bits per heavy atom. The molecule has 2 atom stereocenters. The lowest BCUT2D eigenvalue weighted by atomic mass is 10.00. The second kappa shape index (κ2) is 9.70.